The van der Waals surface area contributed by atoms with Gasteiger partial charge < -0.3 is 10.1 Å². The summed E-state index contributed by atoms with van der Waals surface area (Å²) in [5, 5.41) is 17.5. The lowest BCUT2D eigenvalue weighted by molar-refractivity contribution is -0.112. The number of benzene rings is 2. The van der Waals surface area contributed by atoms with Crippen LogP contribution < -0.4 is 10.1 Å². The van der Waals surface area contributed by atoms with E-state index >= 15 is 0 Å². The van der Waals surface area contributed by atoms with Crippen molar-refractivity contribution in [3.63, 3.8) is 0 Å². The van der Waals surface area contributed by atoms with Crippen LogP contribution in [0.15, 0.2) is 54.1 Å². The molecule has 3 rings (SSSR count). The van der Waals surface area contributed by atoms with Crippen LogP contribution in [0.1, 0.15) is 18.2 Å². The molecule has 0 radical (unpaired) electrons. The van der Waals surface area contributed by atoms with E-state index in [1.165, 1.54) is 10.8 Å². The summed E-state index contributed by atoms with van der Waals surface area (Å²) >= 11 is 12.6. The molecule has 0 atom stereocenters. The average molecular weight is 441 g/mol. The van der Waals surface area contributed by atoms with Gasteiger partial charge >= 0.3 is 0 Å². The number of halogens is 2. The van der Waals surface area contributed by atoms with Crippen LogP contribution in [0.2, 0.25) is 10.2 Å². The molecule has 6 nitrogen and oxygen atoms in total. The second-order valence-electron chi connectivity index (χ2n) is 6.23. The number of nitrogens with zero attached hydrogens (tertiary/aromatic N) is 3. The topological polar surface area (TPSA) is 79.9 Å². The van der Waals surface area contributed by atoms with Crippen LogP contribution in [-0.2, 0) is 4.79 Å². The quantitative estimate of drug-likeness (QED) is 0.409. The fourth-order valence-electron chi connectivity index (χ4n) is 2.79. The lowest BCUT2D eigenvalue weighted by Gasteiger charge is -2.10. The summed E-state index contributed by atoms with van der Waals surface area (Å²) in [5.74, 6) is -0.0516. The van der Waals surface area contributed by atoms with Crippen LogP contribution in [0.5, 0.6) is 5.75 Å². The van der Waals surface area contributed by atoms with Crippen molar-refractivity contribution in [3.05, 3.63) is 75.5 Å². The van der Waals surface area contributed by atoms with Crippen molar-refractivity contribution in [2.24, 2.45) is 0 Å². The Balaban J connectivity index is 1.93. The number of carbonyl (C=O) groups excluding carboxylic acids is 1. The Kier molecular flexibility index (Phi) is 6.78. The van der Waals surface area contributed by atoms with Crippen molar-refractivity contribution in [3.8, 4) is 17.5 Å². The first-order chi connectivity index (χ1) is 14.4. The molecule has 0 bridgehead atoms. The molecule has 30 heavy (non-hydrogen) atoms. The molecule has 0 aliphatic carbocycles. The van der Waals surface area contributed by atoms with E-state index in [-0.39, 0.29) is 10.7 Å². The predicted octanol–water partition coefficient (Wildman–Crippen LogP) is 5.43. The van der Waals surface area contributed by atoms with Crippen LogP contribution in [0.25, 0.3) is 11.8 Å². The second-order valence-corrected chi connectivity index (χ2v) is 7.03. The normalized spacial score (nSPS) is 11.1. The van der Waals surface area contributed by atoms with E-state index in [4.69, 9.17) is 27.9 Å². The SMILES string of the molecule is CCOc1ccccc1NC(=O)C(C#N)=Cc1c(C)nn(-c2cccc(Cl)c2)c1Cl. The fourth-order valence-corrected chi connectivity index (χ4v) is 3.30. The van der Waals surface area contributed by atoms with Gasteiger partial charge in [0.1, 0.15) is 22.5 Å². The van der Waals surface area contributed by atoms with Gasteiger partial charge in [0, 0.05) is 10.6 Å². The number of para-hydroxylation sites is 2. The molecule has 1 heterocycles. The maximum atomic E-state index is 12.7. The van der Waals surface area contributed by atoms with Gasteiger partial charge in [0.2, 0.25) is 0 Å². The molecule has 0 aliphatic heterocycles. The minimum Gasteiger partial charge on any atom is -0.492 e. The van der Waals surface area contributed by atoms with E-state index in [0.29, 0.717) is 40.0 Å². The zero-order valence-corrected chi connectivity index (χ0v) is 17.8. The van der Waals surface area contributed by atoms with Crippen LogP contribution in [0.3, 0.4) is 0 Å². The molecule has 0 saturated carbocycles. The van der Waals surface area contributed by atoms with Crippen LogP contribution in [0, 0.1) is 18.3 Å². The summed E-state index contributed by atoms with van der Waals surface area (Å²) in [5.41, 5.74) is 2.07. The average Bonchev–Trinajstić information content (AvgIpc) is 3.01. The third-order valence-corrected chi connectivity index (χ3v) is 4.79. The van der Waals surface area contributed by atoms with Crippen molar-refractivity contribution >= 4 is 40.9 Å². The summed E-state index contributed by atoms with van der Waals surface area (Å²) in [6.45, 7) is 4.04. The number of carbonyl (C=O) groups is 1. The van der Waals surface area contributed by atoms with Gasteiger partial charge in [0.05, 0.1) is 23.7 Å². The molecule has 0 fully saturated rings. The number of aromatic nitrogens is 2. The first-order valence-electron chi connectivity index (χ1n) is 9.10. The van der Waals surface area contributed by atoms with E-state index in [1.54, 1.807) is 55.5 Å². The largest absolute Gasteiger partial charge is 0.492 e. The summed E-state index contributed by atoms with van der Waals surface area (Å²) in [4.78, 5) is 12.7. The van der Waals surface area contributed by atoms with Crippen LogP contribution in [0.4, 0.5) is 5.69 Å². The number of nitriles is 1. The molecule has 1 N–H and O–H groups in total. The highest BCUT2D eigenvalue weighted by Gasteiger charge is 2.18. The molecular formula is C22H18Cl2N4O2. The van der Waals surface area contributed by atoms with Gasteiger partial charge in [-0.1, -0.05) is 41.4 Å². The molecular weight excluding hydrogens is 423 g/mol. The summed E-state index contributed by atoms with van der Waals surface area (Å²) < 4.78 is 7.01. The number of ether oxygens (including phenoxy) is 1. The third-order valence-electron chi connectivity index (χ3n) is 4.19. The van der Waals surface area contributed by atoms with Gasteiger partial charge in [-0.05, 0) is 50.3 Å². The number of anilines is 1. The molecule has 3 aromatic rings. The number of rotatable bonds is 6. The molecule has 0 aliphatic rings. The maximum absolute atomic E-state index is 12.7. The van der Waals surface area contributed by atoms with E-state index in [9.17, 15) is 10.1 Å². The number of nitrogens with one attached hydrogen (secondary N) is 1. The maximum Gasteiger partial charge on any atom is 0.266 e. The highest BCUT2D eigenvalue weighted by atomic mass is 35.5. The molecule has 2 aromatic carbocycles. The molecule has 1 amide bonds. The summed E-state index contributed by atoms with van der Waals surface area (Å²) in [6.07, 6.45) is 1.42. The Labute approximate surface area is 184 Å². The lowest BCUT2D eigenvalue weighted by Crippen LogP contribution is -2.14. The van der Waals surface area contributed by atoms with Gasteiger partial charge in [-0.2, -0.15) is 10.4 Å². The second kappa shape index (κ2) is 9.49. The highest BCUT2D eigenvalue weighted by Crippen LogP contribution is 2.28. The number of hydrogen-bond donors (Lipinski definition) is 1. The van der Waals surface area contributed by atoms with Crippen LogP contribution >= 0.6 is 23.2 Å². The molecule has 0 spiro atoms. The van der Waals surface area contributed by atoms with Crippen molar-refractivity contribution in [2.45, 2.75) is 13.8 Å². The van der Waals surface area contributed by atoms with Gasteiger partial charge in [0.15, 0.2) is 0 Å². The number of amides is 1. The zero-order chi connectivity index (χ0) is 21.7. The zero-order valence-electron chi connectivity index (χ0n) is 16.3. The molecule has 0 saturated heterocycles. The Morgan fingerprint density at radius 2 is 2.03 bits per heavy atom. The van der Waals surface area contributed by atoms with E-state index in [2.05, 4.69) is 10.4 Å². The van der Waals surface area contributed by atoms with Gasteiger partial charge in [-0.25, -0.2) is 4.68 Å². The minimum absolute atomic E-state index is 0.114. The third kappa shape index (κ3) is 4.65. The standard InChI is InChI=1S/C22H18Cl2N4O2/c1-3-30-20-10-5-4-9-19(20)26-22(29)15(13-25)11-18-14(2)27-28(21(18)24)17-8-6-7-16(23)12-17/h4-12H,3H2,1-2H3,(H,26,29). The van der Waals surface area contributed by atoms with Gasteiger partial charge in [-0.15, -0.1) is 0 Å². The predicted molar refractivity (Wildman–Crippen MR) is 118 cm³/mol. The molecule has 1 aromatic heterocycles. The fraction of sp³-hybridized carbons (Fsp3) is 0.136. The van der Waals surface area contributed by atoms with Crippen molar-refractivity contribution in [1.82, 2.24) is 9.78 Å². The van der Waals surface area contributed by atoms with E-state index in [1.807, 2.05) is 13.0 Å². The summed E-state index contributed by atoms with van der Waals surface area (Å²) in [6, 6.07) is 16.0. The Morgan fingerprint density at radius 1 is 1.27 bits per heavy atom. The summed E-state index contributed by atoms with van der Waals surface area (Å²) in [7, 11) is 0. The molecule has 8 heteroatoms. The van der Waals surface area contributed by atoms with Crippen LogP contribution in [-0.4, -0.2) is 22.3 Å². The van der Waals surface area contributed by atoms with E-state index < -0.39 is 5.91 Å². The minimum atomic E-state index is -0.573. The smallest absolute Gasteiger partial charge is 0.266 e. The highest BCUT2D eigenvalue weighted by molar-refractivity contribution is 6.32. The number of aryl methyl sites for hydroxylation is 1. The Hall–Kier alpha value is -3.27. The first-order valence-corrected chi connectivity index (χ1v) is 9.86. The lowest BCUT2D eigenvalue weighted by atomic mass is 10.1. The van der Waals surface area contributed by atoms with E-state index in [0.717, 1.165) is 0 Å². The van der Waals surface area contributed by atoms with Gasteiger partial charge in [0.25, 0.3) is 5.91 Å². The molecule has 0 unspecified atom stereocenters. The Bertz CT molecular complexity index is 1160. The Morgan fingerprint density at radius 3 is 2.73 bits per heavy atom. The van der Waals surface area contributed by atoms with Crippen molar-refractivity contribution < 1.29 is 9.53 Å². The van der Waals surface area contributed by atoms with Crippen molar-refractivity contribution in [2.75, 3.05) is 11.9 Å². The first kappa shape index (κ1) is 21.4. The van der Waals surface area contributed by atoms with Gasteiger partial charge in [-0.3, -0.25) is 4.79 Å². The molecule has 152 valence electrons. The van der Waals surface area contributed by atoms with Crippen molar-refractivity contribution in [1.29, 1.82) is 5.26 Å². The number of hydrogen-bond acceptors (Lipinski definition) is 4. The monoisotopic (exact) mass is 440 g/mol.